The third-order valence-corrected chi connectivity index (χ3v) is 5.57. The minimum Gasteiger partial charge on any atom is -0.477 e. The normalized spacial score (nSPS) is 18.0. The summed E-state index contributed by atoms with van der Waals surface area (Å²) in [6, 6.07) is 2.71. The van der Waals surface area contributed by atoms with Crippen LogP contribution >= 0.6 is 0 Å². The molecule has 0 radical (unpaired) electrons. The van der Waals surface area contributed by atoms with Gasteiger partial charge >= 0.3 is 11.9 Å². The fourth-order valence-electron chi connectivity index (χ4n) is 4.02. The highest BCUT2D eigenvalue weighted by Gasteiger charge is 2.18. The number of nitrogens with zero attached hydrogens (tertiary/aromatic N) is 3. The van der Waals surface area contributed by atoms with Crippen molar-refractivity contribution in [2.75, 3.05) is 26.2 Å². The molecule has 2 fully saturated rings. The van der Waals surface area contributed by atoms with Gasteiger partial charge < -0.3 is 19.8 Å². The molecule has 1 aromatic rings. The van der Waals surface area contributed by atoms with Crippen molar-refractivity contribution in [3.63, 3.8) is 0 Å². The number of carboxylic acid groups (broad SMARTS) is 2. The molecule has 0 bridgehead atoms. The van der Waals surface area contributed by atoms with Gasteiger partial charge in [-0.05, 0) is 65.1 Å². The smallest absolute Gasteiger partial charge is 0.414 e. The molecule has 1 saturated heterocycles. The van der Waals surface area contributed by atoms with Gasteiger partial charge in [-0.3, -0.25) is 4.68 Å². The monoisotopic (exact) mass is 409 g/mol. The van der Waals surface area contributed by atoms with Crippen molar-refractivity contribution in [2.24, 2.45) is 0 Å². The first-order valence-electron chi connectivity index (χ1n) is 10.8. The molecule has 0 aromatic carbocycles. The van der Waals surface area contributed by atoms with Crippen LogP contribution in [0.2, 0.25) is 0 Å². The molecule has 3 rings (SSSR count). The molecule has 0 atom stereocenters. The van der Waals surface area contributed by atoms with Crippen LogP contribution in [0.1, 0.15) is 75.9 Å². The SMILES string of the molecule is Cc1cc(OCCCCN2CCCCC2)nn1C1CCCCC1.O=C(O)C(=O)O. The van der Waals surface area contributed by atoms with Crippen molar-refractivity contribution in [3.8, 4) is 5.88 Å². The molecule has 2 N–H and O–H groups in total. The lowest BCUT2D eigenvalue weighted by Gasteiger charge is -2.26. The summed E-state index contributed by atoms with van der Waals surface area (Å²) in [5.41, 5.74) is 1.25. The number of aromatic nitrogens is 2. The summed E-state index contributed by atoms with van der Waals surface area (Å²) in [4.78, 5) is 20.8. The number of hydrogen-bond acceptors (Lipinski definition) is 5. The van der Waals surface area contributed by atoms with Gasteiger partial charge in [0.25, 0.3) is 0 Å². The van der Waals surface area contributed by atoms with E-state index < -0.39 is 11.9 Å². The van der Waals surface area contributed by atoms with E-state index in [0.717, 1.165) is 18.9 Å². The molecule has 1 saturated carbocycles. The lowest BCUT2D eigenvalue weighted by atomic mass is 9.95. The number of rotatable bonds is 7. The predicted octanol–water partition coefficient (Wildman–Crippen LogP) is 3.50. The van der Waals surface area contributed by atoms with Gasteiger partial charge in [0, 0.05) is 11.8 Å². The fourth-order valence-corrected chi connectivity index (χ4v) is 4.02. The van der Waals surface area contributed by atoms with Gasteiger partial charge in [0.15, 0.2) is 0 Å². The predicted molar refractivity (Wildman–Crippen MR) is 109 cm³/mol. The Balaban J connectivity index is 0.000000438. The van der Waals surface area contributed by atoms with Gasteiger partial charge in [-0.25, -0.2) is 9.59 Å². The van der Waals surface area contributed by atoms with Gasteiger partial charge in [-0.2, -0.15) is 0 Å². The summed E-state index contributed by atoms with van der Waals surface area (Å²) in [7, 11) is 0. The number of aryl methyl sites for hydroxylation is 1. The zero-order chi connectivity index (χ0) is 21.1. The molecule has 29 heavy (non-hydrogen) atoms. The molecule has 2 heterocycles. The molecule has 1 aliphatic heterocycles. The molecular weight excluding hydrogens is 374 g/mol. The highest BCUT2D eigenvalue weighted by atomic mass is 16.5. The zero-order valence-corrected chi connectivity index (χ0v) is 17.5. The van der Waals surface area contributed by atoms with Crippen molar-refractivity contribution < 1.29 is 24.5 Å². The lowest BCUT2D eigenvalue weighted by Crippen LogP contribution is -2.30. The van der Waals surface area contributed by atoms with E-state index in [1.807, 2.05) is 0 Å². The minimum atomic E-state index is -1.82. The Morgan fingerprint density at radius 1 is 1.03 bits per heavy atom. The highest BCUT2D eigenvalue weighted by molar-refractivity contribution is 6.27. The number of piperidine rings is 1. The standard InChI is InChI=1S/C19H33N3O.C2H2O4/c1-17-16-19(20-22(17)18-10-4-2-5-11-18)23-15-9-8-14-21-12-6-3-7-13-21;3-1(4)2(5)6/h16,18H,2-15H2,1H3;(H,3,4)(H,5,6). The van der Waals surface area contributed by atoms with Crippen LogP contribution in [0.3, 0.4) is 0 Å². The molecule has 8 heteroatoms. The Morgan fingerprint density at radius 3 is 2.28 bits per heavy atom. The quantitative estimate of drug-likeness (QED) is 0.524. The van der Waals surface area contributed by atoms with E-state index in [-0.39, 0.29) is 0 Å². The van der Waals surface area contributed by atoms with E-state index in [4.69, 9.17) is 29.6 Å². The first-order valence-corrected chi connectivity index (χ1v) is 10.8. The topological polar surface area (TPSA) is 105 Å². The first-order chi connectivity index (χ1) is 14.0. The number of unbranched alkanes of at least 4 members (excludes halogenated alkanes) is 1. The van der Waals surface area contributed by atoms with E-state index in [1.54, 1.807) is 0 Å². The van der Waals surface area contributed by atoms with E-state index in [0.29, 0.717) is 6.04 Å². The summed E-state index contributed by atoms with van der Waals surface area (Å²) >= 11 is 0. The van der Waals surface area contributed by atoms with Crippen LogP contribution in [0.5, 0.6) is 5.88 Å². The number of ether oxygens (including phenoxy) is 1. The Bertz CT molecular complexity index is 622. The molecule has 1 aliphatic carbocycles. The second kappa shape index (κ2) is 12.5. The number of likely N-dealkylation sites (tertiary alicyclic amines) is 1. The van der Waals surface area contributed by atoms with E-state index in [9.17, 15) is 0 Å². The third kappa shape index (κ3) is 8.43. The van der Waals surface area contributed by atoms with Gasteiger partial charge in [0.1, 0.15) is 0 Å². The summed E-state index contributed by atoms with van der Waals surface area (Å²) in [5.74, 6) is -2.82. The Morgan fingerprint density at radius 2 is 1.66 bits per heavy atom. The van der Waals surface area contributed by atoms with Crippen molar-refractivity contribution in [2.45, 2.75) is 77.2 Å². The molecule has 164 valence electrons. The van der Waals surface area contributed by atoms with Crippen LogP contribution in [0.15, 0.2) is 6.07 Å². The maximum absolute atomic E-state index is 9.10. The van der Waals surface area contributed by atoms with Crippen LogP contribution in [0.4, 0.5) is 0 Å². The van der Waals surface area contributed by atoms with Crippen molar-refractivity contribution in [1.82, 2.24) is 14.7 Å². The molecule has 8 nitrogen and oxygen atoms in total. The van der Waals surface area contributed by atoms with Crippen LogP contribution < -0.4 is 4.74 Å². The molecule has 1 aromatic heterocycles. The summed E-state index contributed by atoms with van der Waals surface area (Å²) < 4.78 is 8.11. The molecule has 0 spiro atoms. The summed E-state index contributed by atoms with van der Waals surface area (Å²) in [6.07, 6.45) is 13.2. The van der Waals surface area contributed by atoms with E-state index in [2.05, 4.69) is 22.6 Å². The van der Waals surface area contributed by atoms with E-state index in [1.165, 1.54) is 83.1 Å². The average molecular weight is 410 g/mol. The molecule has 2 aliphatic rings. The number of carboxylic acids is 2. The van der Waals surface area contributed by atoms with Crippen LogP contribution in [0, 0.1) is 6.92 Å². The summed E-state index contributed by atoms with van der Waals surface area (Å²) in [6.45, 7) is 6.79. The van der Waals surface area contributed by atoms with Crippen molar-refractivity contribution in [1.29, 1.82) is 0 Å². The lowest BCUT2D eigenvalue weighted by molar-refractivity contribution is -0.159. The largest absolute Gasteiger partial charge is 0.477 e. The Kier molecular flexibility index (Phi) is 9.97. The molecule has 0 unspecified atom stereocenters. The molecule has 0 amide bonds. The zero-order valence-electron chi connectivity index (χ0n) is 17.5. The Hall–Kier alpha value is -2.09. The van der Waals surface area contributed by atoms with E-state index >= 15 is 0 Å². The number of hydrogen-bond donors (Lipinski definition) is 2. The summed E-state index contributed by atoms with van der Waals surface area (Å²) in [5, 5.41) is 19.5. The average Bonchev–Trinajstić information content (AvgIpc) is 3.10. The maximum Gasteiger partial charge on any atom is 0.414 e. The first kappa shape index (κ1) is 23.2. The van der Waals surface area contributed by atoms with Gasteiger partial charge in [-0.1, -0.05) is 25.7 Å². The molecular formula is C21H35N3O5. The fraction of sp³-hybridized carbons (Fsp3) is 0.762. The maximum atomic E-state index is 9.10. The highest BCUT2D eigenvalue weighted by Crippen LogP contribution is 2.29. The second-order valence-corrected chi connectivity index (χ2v) is 7.93. The van der Waals surface area contributed by atoms with Gasteiger partial charge in [-0.15, -0.1) is 5.10 Å². The van der Waals surface area contributed by atoms with Crippen molar-refractivity contribution >= 4 is 11.9 Å². The van der Waals surface area contributed by atoms with Gasteiger partial charge in [0.2, 0.25) is 5.88 Å². The minimum absolute atomic E-state index is 0.597. The van der Waals surface area contributed by atoms with Crippen LogP contribution in [-0.4, -0.2) is 63.1 Å². The van der Waals surface area contributed by atoms with Crippen molar-refractivity contribution in [3.05, 3.63) is 11.8 Å². The number of aliphatic carboxylic acids is 2. The third-order valence-electron chi connectivity index (χ3n) is 5.57. The van der Waals surface area contributed by atoms with Crippen LogP contribution in [0.25, 0.3) is 0 Å². The van der Waals surface area contributed by atoms with Crippen LogP contribution in [-0.2, 0) is 9.59 Å². The Labute approximate surface area is 172 Å². The second-order valence-electron chi connectivity index (χ2n) is 7.93. The number of carbonyl (C=O) groups is 2. The van der Waals surface area contributed by atoms with Gasteiger partial charge in [0.05, 0.1) is 12.6 Å².